The van der Waals surface area contributed by atoms with Crippen LogP contribution in [-0.4, -0.2) is 17.4 Å². The summed E-state index contributed by atoms with van der Waals surface area (Å²) in [6, 6.07) is 18.1. The zero-order valence-corrected chi connectivity index (χ0v) is 15.5. The molecular weight excluding hydrogens is 374 g/mol. The monoisotopic (exact) mass is 387 g/mol. The van der Waals surface area contributed by atoms with Gasteiger partial charge in [0.05, 0.1) is 15.7 Å². The molecule has 0 spiro atoms. The standard InChI is InChI=1S/C19H14ClNO2S2/c20-16-8-2-1-7-15(16)17(22)12-25-14-6-3-5-13(11-14)21-19(23)18-9-4-10-24-18/h1-11H,12H2,(H,21,23). The number of Topliss-reactive ketones (excluding diaryl/α,β-unsaturated/α-hetero) is 1. The van der Waals surface area contributed by atoms with E-state index in [0.717, 1.165) is 4.90 Å². The van der Waals surface area contributed by atoms with E-state index >= 15 is 0 Å². The summed E-state index contributed by atoms with van der Waals surface area (Å²) in [4.78, 5) is 25.9. The smallest absolute Gasteiger partial charge is 0.265 e. The van der Waals surface area contributed by atoms with Crippen molar-refractivity contribution in [2.75, 3.05) is 11.1 Å². The zero-order valence-electron chi connectivity index (χ0n) is 13.1. The highest BCUT2D eigenvalue weighted by Crippen LogP contribution is 2.25. The molecule has 1 aromatic heterocycles. The molecule has 2 aromatic carbocycles. The Hall–Kier alpha value is -2.08. The van der Waals surface area contributed by atoms with Crippen molar-refractivity contribution < 1.29 is 9.59 Å². The second-order valence-electron chi connectivity index (χ2n) is 5.15. The van der Waals surface area contributed by atoms with Crippen LogP contribution in [0.4, 0.5) is 5.69 Å². The number of amides is 1. The molecule has 1 N–H and O–H groups in total. The van der Waals surface area contributed by atoms with E-state index in [1.165, 1.54) is 23.1 Å². The van der Waals surface area contributed by atoms with Crippen LogP contribution in [0, 0.1) is 0 Å². The van der Waals surface area contributed by atoms with Gasteiger partial charge in [0.1, 0.15) is 0 Å². The summed E-state index contributed by atoms with van der Waals surface area (Å²) in [5.74, 6) is 0.124. The zero-order chi connectivity index (χ0) is 17.6. The van der Waals surface area contributed by atoms with Gasteiger partial charge < -0.3 is 5.32 Å². The van der Waals surface area contributed by atoms with Gasteiger partial charge in [0.2, 0.25) is 0 Å². The number of rotatable bonds is 6. The molecule has 0 unspecified atom stereocenters. The van der Waals surface area contributed by atoms with Crippen LogP contribution in [0.3, 0.4) is 0 Å². The Morgan fingerprint density at radius 1 is 1.04 bits per heavy atom. The van der Waals surface area contributed by atoms with Crippen molar-refractivity contribution in [3.63, 3.8) is 0 Å². The van der Waals surface area contributed by atoms with Crippen LogP contribution in [0.15, 0.2) is 70.9 Å². The van der Waals surface area contributed by atoms with E-state index in [1.807, 2.05) is 35.7 Å². The highest BCUT2D eigenvalue weighted by Gasteiger charge is 2.11. The third kappa shape index (κ3) is 4.72. The lowest BCUT2D eigenvalue weighted by Gasteiger charge is -2.07. The van der Waals surface area contributed by atoms with Gasteiger partial charge in [0, 0.05) is 16.1 Å². The lowest BCUT2D eigenvalue weighted by atomic mass is 10.1. The van der Waals surface area contributed by atoms with Gasteiger partial charge in [0.15, 0.2) is 5.78 Å². The van der Waals surface area contributed by atoms with Crippen LogP contribution in [0.5, 0.6) is 0 Å². The van der Waals surface area contributed by atoms with E-state index in [4.69, 9.17) is 11.6 Å². The third-order valence-electron chi connectivity index (χ3n) is 3.38. The number of hydrogen-bond donors (Lipinski definition) is 1. The first-order chi connectivity index (χ1) is 12.1. The van der Waals surface area contributed by atoms with Gasteiger partial charge >= 0.3 is 0 Å². The Bertz CT molecular complexity index is 894. The first-order valence-electron chi connectivity index (χ1n) is 7.49. The molecule has 0 atom stereocenters. The van der Waals surface area contributed by atoms with Crippen molar-refractivity contribution in [1.82, 2.24) is 0 Å². The Morgan fingerprint density at radius 3 is 2.64 bits per heavy atom. The van der Waals surface area contributed by atoms with E-state index < -0.39 is 0 Å². The average Bonchev–Trinajstić information content (AvgIpc) is 3.15. The number of halogens is 1. The lowest BCUT2D eigenvalue weighted by molar-refractivity contribution is 0.101. The van der Waals surface area contributed by atoms with Crippen LogP contribution in [0.2, 0.25) is 5.02 Å². The third-order valence-corrected chi connectivity index (χ3v) is 5.57. The lowest BCUT2D eigenvalue weighted by Crippen LogP contribution is -2.10. The van der Waals surface area contributed by atoms with E-state index in [1.54, 1.807) is 30.3 Å². The summed E-state index contributed by atoms with van der Waals surface area (Å²) in [5, 5.41) is 5.19. The van der Waals surface area contributed by atoms with E-state index in [9.17, 15) is 9.59 Å². The molecule has 0 radical (unpaired) electrons. The molecule has 25 heavy (non-hydrogen) atoms. The highest BCUT2D eigenvalue weighted by atomic mass is 35.5. The second-order valence-corrected chi connectivity index (χ2v) is 7.55. The van der Waals surface area contributed by atoms with Crippen LogP contribution in [-0.2, 0) is 0 Å². The molecule has 126 valence electrons. The Morgan fingerprint density at radius 2 is 1.88 bits per heavy atom. The first-order valence-corrected chi connectivity index (χ1v) is 9.73. The van der Waals surface area contributed by atoms with Gasteiger partial charge in [-0.1, -0.05) is 35.9 Å². The molecule has 0 aliphatic carbocycles. The summed E-state index contributed by atoms with van der Waals surface area (Å²) in [6.45, 7) is 0. The van der Waals surface area contributed by atoms with Crippen molar-refractivity contribution in [3.8, 4) is 0 Å². The fraction of sp³-hybridized carbons (Fsp3) is 0.0526. The van der Waals surface area contributed by atoms with E-state index in [-0.39, 0.29) is 17.4 Å². The second kappa shape index (κ2) is 8.34. The molecule has 0 saturated carbocycles. The van der Waals surface area contributed by atoms with E-state index in [2.05, 4.69) is 5.32 Å². The van der Waals surface area contributed by atoms with Crippen molar-refractivity contribution in [2.24, 2.45) is 0 Å². The maximum Gasteiger partial charge on any atom is 0.265 e. The summed E-state index contributed by atoms with van der Waals surface area (Å²) in [7, 11) is 0. The summed E-state index contributed by atoms with van der Waals surface area (Å²) < 4.78 is 0. The Labute approximate surface area is 159 Å². The predicted molar refractivity (Wildman–Crippen MR) is 105 cm³/mol. The average molecular weight is 388 g/mol. The number of carbonyl (C=O) groups excluding carboxylic acids is 2. The minimum atomic E-state index is -0.135. The largest absolute Gasteiger partial charge is 0.321 e. The quantitative estimate of drug-likeness (QED) is 0.440. The molecule has 0 aliphatic rings. The molecule has 0 saturated heterocycles. The summed E-state index contributed by atoms with van der Waals surface area (Å²) in [5.41, 5.74) is 1.23. The topological polar surface area (TPSA) is 46.2 Å². The molecule has 3 nitrogen and oxygen atoms in total. The van der Waals surface area contributed by atoms with Gasteiger partial charge in [-0.3, -0.25) is 9.59 Å². The van der Waals surface area contributed by atoms with Gasteiger partial charge in [-0.2, -0.15) is 0 Å². The number of anilines is 1. The molecule has 1 amide bonds. The van der Waals surface area contributed by atoms with Gasteiger partial charge in [-0.25, -0.2) is 0 Å². The van der Waals surface area contributed by atoms with Crippen molar-refractivity contribution >= 4 is 52.1 Å². The normalized spacial score (nSPS) is 10.4. The number of benzene rings is 2. The molecular formula is C19H14ClNO2S2. The van der Waals surface area contributed by atoms with Gasteiger partial charge in [0.25, 0.3) is 5.91 Å². The molecule has 0 bridgehead atoms. The van der Waals surface area contributed by atoms with Crippen LogP contribution >= 0.6 is 34.7 Å². The van der Waals surface area contributed by atoms with Crippen LogP contribution < -0.4 is 5.32 Å². The SMILES string of the molecule is O=C(Nc1cccc(SCC(=O)c2ccccc2Cl)c1)c1cccs1. The van der Waals surface area contributed by atoms with Gasteiger partial charge in [-0.15, -0.1) is 23.1 Å². The Kier molecular flexibility index (Phi) is 5.91. The number of nitrogens with one attached hydrogen (secondary N) is 1. The van der Waals surface area contributed by atoms with Crippen LogP contribution in [0.1, 0.15) is 20.0 Å². The predicted octanol–water partition coefficient (Wildman–Crippen LogP) is 5.63. The molecule has 3 rings (SSSR count). The maximum atomic E-state index is 12.3. The number of ketones is 1. The fourth-order valence-corrected chi connectivity index (χ4v) is 3.88. The fourth-order valence-electron chi connectivity index (χ4n) is 2.18. The Balaban J connectivity index is 1.63. The molecule has 0 fully saturated rings. The number of thioether (sulfide) groups is 1. The van der Waals surface area contributed by atoms with Crippen molar-refractivity contribution in [1.29, 1.82) is 0 Å². The van der Waals surface area contributed by atoms with Gasteiger partial charge in [-0.05, 0) is 41.8 Å². The van der Waals surface area contributed by atoms with Crippen LogP contribution in [0.25, 0.3) is 0 Å². The first kappa shape index (κ1) is 17.7. The number of hydrogen-bond acceptors (Lipinski definition) is 4. The number of carbonyl (C=O) groups is 2. The molecule has 1 heterocycles. The maximum absolute atomic E-state index is 12.3. The molecule has 3 aromatic rings. The van der Waals surface area contributed by atoms with Crippen molar-refractivity contribution in [2.45, 2.75) is 4.90 Å². The highest BCUT2D eigenvalue weighted by molar-refractivity contribution is 8.00. The molecule has 6 heteroatoms. The summed E-state index contributed by atoms with van der Waals surface area (Å²) in [6.07, 6.45) is 0. The molecule has 0 aliphatic heterocycles. The van der Waals surface area contributed by atoms with Crippen molar-refractivity contribution in [3.05, 3.63) is 81.5 Å². The number of thiophene rings is 1. The minimum Gasteiger partial charge on any atom is -0.321 e. The minimum absolute atomic E-state index is 0.0244. The summed E-state index contributed by atoms with van der Waals surface area (Å²) >= 11 is 8.86. The van der Waals surface area contributed by atoms with E-state index in [0.29, 0.717) is 21.2 Å².